The summed E-state index contributed by atoms with van der Waals surface area (Å²) in [6.45, 7) is 7.02. The number of hydrogen-bond acceptors (Lipinski definition) is 8. The number of nitrogens with zero attached hydrogens (tertiary/aromatic N) is 2. The van der Waals surface area contributed by atoms with Crippen LogP contribution in [0.2, 0.25) is 0 Å². The molecule has 2 rings (SSSR count). The Hall–Kier alpha value is -2.46. The van der Waals surface area contributed by atoms with Gasteiger partial charge < -0.3 is 19.9 Å². The quantitative estimate of drug-likeness (QED) is 0.274. The molecular weight excluding hydrogens is 416 g/mol. The van der Waals surface area contributed by atoms with E-state index in [0.717, 1.165) is 24.4 Å². The maximum Gasteiger partial charge on any atom is 0.275 e. The molecule has 8 nitrogen and oxygen atoms in total. The monoisotopic (exact) mass is 448 g/mol. The molecule has 0 saturated heterocycles. The maximum absolute atomic E-state index is 12.2. The summed E-state index contributed by atoms with van der Waals surface area (Å²) in [5, 5.41) is 18.8. The van der Waals surface area contributed by atoms with E-state index in [9.17, 15) is 4.79 Å². The van der Waals surface area contributed by atoms with Crippen molar-refractivity contribution in [2.75, 3.05) is 45.8 Å². The molecule has 9 heteroatoms. The van der Waals surface area contributed by atoms with Crippen molar-refractivity contribution < 1.29 is 19.4 Å². The largest absolute Gasteiger partial charge is 0.495 e. The predicted molar refractivity (Wildman–Crippen MR) is 125 cm³/mol. The summed E-state index contributed by atoms with van der Waals surface area (Å²) in [4.78, 5) is 17.4. The normalized spacial score (nSPS) is 10.3. The minimum Gasteiger partial charge on any atom is -0.495 e. The Labute approximate surface area is 188 Å². The lowest BCUT2D eigenvalue weighted by Gasteiger charge is -2.16. The summed E-state index contributed by atoms with van der Waals surface area (Å²) < 4.78 is 11.9. The number of benzene rings is 1. The molecule has 0 atom stereocenters. The van der Waals surface area contributed by atoms with Crippen molar-refractivity contribution >= 4 is 29.4 Å². The molecule has 0 aliphatic carbocycles. The summed E-state index contributed by atoms with van der Waals surface area (Å²) in [5.74, 6) is 0.487. The molecule has 170 valence electrons. The first kappa shape index (κ1) is 26.6. The van der Waals surface area contributed by atoms with E-state index >= 15 is 0 Å². The van der Waals surface area contributed by atoms with Crippen LogP contribution < -0.4 is 10.1 Å². The van der Waals surface area contributed by atoms with Crippen molar-refractivity contribution in [2.45, 2.75) is 25.2 Å². The first-order chi connectivity index (χ1) is 15.0. The van der Waals surface area contributed by atoms with Gasteiger partial charge in [0.1, 0.15) is 17.3 Å². The zero-order chi connectivity index (χ0) is 23.1. The Morgan fingerprint density at radius 3 is 2.29 bits per heavy atom. The first-order valence-electron chi connectivity index (χ1n) is 10.0. The molecule has 0 unspecified atom stereocenters. The molecule has 0 fully saturated rings. The minimum absolute atomic E-state index is 0.1000. The minimum atomic E-state index is -0.498. The Balaban J connectivity index is 0.000000703. The number of methoxy groups -OCH3 is 2. The predicted octanol–water partition coefficient (Wildman–Crippen LogP) is 3.46. The highest BCUT2D eigenvalue weighted by Gasteiger charge is 2.13. The van der Waals surface area contributed by atoms with Gasteiger partial charge in [-0.25, -0.2) is 9.29 Å². The summed E-state index contributed by atoms with van der Waals surface area (Å²) in [6, 6.07) is 10.8. The van der Waals surface area contributed by atoms with Gasteiger partial charge in [-0.3, -0.25) is 10.2 Å². The van der Waals surface area contributed by atoms with Crippen LogP contribution >= 0.6 is 11.9 Å². The van der Waals surface area contributed by atoms with Gasteiger partial charge in [0, 0.05) is 43.9 Å². The van der Waals surface area contributed by atoms with Crippen LogP contribution in [0, 0.1) is 5.41 Å². The summed E-state index contributed by atoms with van der Waals surface area (Å²) in [5.41, 5.74) is 0.465. The number of rotatable bonds is 11. The van der Waals surface area contributed by atoms with Crippen molar-refractivity contribution in [3.05, 3.63) is 48.2 Å². The van der Waals surface area contributed by atoms with Gasteiger partial charge in [-0.1, -0.05) is 26.0 Å². The summed E-state index contributed by atoms with van der Waals surface area (Å²) >= 11 is 1.66. The Bertz CT molecular complexity index is 777. The van der Waals surface area contributed by atoms with Crippen molar-refractivity contribution in [3.63, 3.8) is 0 Å². The van der Waals surface area contributed by atoms with Crippen LogP contribution in [0.1, 0.15) is 25.8 Å². The van der Waals surface area contributed by atoms with Crippen LogP contribution in [-0.4, -0.2) is 66.5 Å². The number of pyridine rings is 1. The number of anilines is 1. The number of amides is 1. The Kier molecular flexibility index (Phi) is 13.2. The van der Waals surface area contributed by atoms with Crippen molar-refractivity contribution in [1.29, 1.82) is 5.41 Å². The average molecular weight is 449 g/mol. The van der Waals surface area contributed by atoms with E-state index in [1.54, 1.807) is 50.4 Å². The molecule has 1 amide bonds. The van der Waals surface area contributed by atoms with Crippen LogP contribution in [0.5, 0.6) is 5.75 Å². The number of aliphatic hydroxyl groups excluding tert-OH is 1. The fraction of sp³-hybridized carbons (Fsp3) is 0.409. The molecule has 31 heavy (non-hydrogen) atoms. The number of carbonyl (C=O) groups is 1. The first-order valence-corrected chi connectivity index (χ1v) is 10.8. The molecule has 0 spiro atoms. The van der Waals surface area contributed by atoms with Gasteiger partial charge in [0.25, 0.3) is 5.91 Å². The third kappa shape index (κ3) is 9.93. The molecule has 1 heterocycles. The van der Waals surface area contributed by atoms with Crippen molar-refractivity contribution in [1.82, 2.24) is 9.29 Å². The molecule has 1 aromatic carbocycles. The third-order valence-electron chi connectivity index (χ3n) is 4.03. The Morgan fingerprint density at radius 1 is 1.16 bits per heavy atom. The van der Waals surface area contributed by atoms with Crippen LogP contribution in [0.4, 0.5) is 5.82 Å². The van der Waals surface area contributed by atoms with E-state index in [2.05, 4.69) is 33.2 Å². The number of aliphatic hydroxyl groups is 1. The summed E-state index contributed by atoms with van der Waals surface area (Å²) in [6.07, 6.45) is 2.26. The maximum atomic E-state index is 12.2. The van der Waals surface area contributed by atoms with E-state index in [4.69, 9.17) is 15.3 Å². The van der Waals surface area contributed by atoms with Gasteiger partial charge in [-0.05, 0) is 42.6 Å². The molecule has 0 aliphatic rings. The second-order valence-electron chi connectivity index (χ2n) is 6.21. The number of ether oxygens (including phenoxy) is 2. The van der Waals surface area contributed by atoms with E-state index in [-0.39, 0.29) is 12.3 Å². The van der Waals surface area contributed by atoms with E-state index in [0.29, 0.717) is 23.7 Å². The second-order valence-corrected chi connectivity index (χ2v) is 7.38. The molecule has 0 radical (unpaired) electrons. The van der Waals surface area contributed by atoms with Gasteiger partial charge >= 0.3 is 0 Å². The van der Waals surface area contributed by atoms with E-state index < -0.39 is 5.91 Å². The molecule has 0 saturated carbocycles. The highest BCUT2D eigenvalue weighted by atomic mass is 32.2. The smallest absolute Gasteiger partial charge is 0.275 e. The topological polar surface area (TPSA) is 108 Å². The molecule has 0 bridgehead atoms. The van der Waals surface area contributed by atoms with E-state index in [1.165, 1.54) is 6.20 Å². The van der Waals surface area contributed by atoms with E-state index in [1.807, 2.05) is 12.1 Å². The van der Waals surface area contributed by atoms with Gasteiger partial charge in [0.15, 0.2) is 0 Å². The van der Waals surface area contributed by atoms with Gasteiger partial charge in [0.05, 0.1) is 13.3 Å². The van der Waals surface area contributed by atoms with Crippen molar-refractivity contribution in [3.8, 4) is 5.75 Å². The standard InChI is InChI=1S/C18H22N4O2S.C4H10O2/c1-4-22(5-2)25-15-9-6-13(7-10-15)17(19)18(23)21-16-11-8-14(24-3)12-20-16;1-6-4-2-3-5/h6-12,19H,4-5H2,1-3H3,(H,20,21,23);5H,2-4H2,1H3. The van der Waals surface area contributed by atoms with Crippen LogP contribution in [0.15, 0.2) is 47.5 Å². The van der Waals surface area contributed by atoms with Gasteiger partial charge in [-0.15, -0.1) is 0 Å². The average Bonchev–Trinajstić information content (AvgIpc) is 2.82. The lowest BCUT2D eigenvalue weighted by molar-refractivity contribution is -0.110. The van der Waals surface area contributed by atoms with Crippen LogP contribution in [0.3, 0.4) is 0 Å². The highest BCUT2D eigenvalue weighted by molar-refractivity contribution is 7.97. The van der Waals surface area contributed by atoms with Gasteiger partial charge in [-0.2, -0.15) is 0 Å². The fourth-order valence-corrected chi connectivity index (χ4v) is 3.09. The number of hydrogen-bond donors (Lipinski definition) is 3. The zero-order valence-corrected chi connectivity index (χ0v) is 19.4. The summed E-state index contributed by atoms with van der Waals surface area (Å²) in [7, 11) is 3.17. The molecule has 2 aromatic rings. The number of aromatic nitrogens is 1. The van der Waals surface area contributed by atoms with Crippen molar-refractivity contribution in [2.24, 2.45) is 0 Å². The lowest BCUT2D eigenvalue weighted by atomic mass is 10.1. The van der Waals surface area contributed by atoms with Gasteiger partial charge in [0.2, 0.25) is 0 Å². The fourth-order valence-electron chi connectivity index (χ4n) is 2.28. The lowest BCUT2D eigenvalue weighted by Crippen LogP contribution is -2.23. The third-order valence-corrected chi connectivity index (χ3v) is 5.29. The Morgan fingerprint density at radius 2 is 1.84 bits per heavy atom. The van der Waals surface area contributed by atoms with Crippen LogP contribution in [0.25, 0.3) is 0 Å². The number of nitrogens with one attached hydrogen (secondary N) is 2. The highest BCUT2D eigenvalue weighted by Crippen LogP contribution is 2.22. The zero-order valence-electron chi connectivity index (χ0n) is 18.6. The SMILES string of the molecule is CCN(CC)Sc1ccc(C(=N)C(=O)Nc2ccc(OC)cn2)cc1.COCCCO. The molecular formula is C22H32N4O4S. The second kappa shape index (κ2) is 15.4. The molecule has 3 N–H and O–H groups in total. The van der Waals surface area contributed by atoms with Crippen LogP contribution in [-0.2, 0) is 9.53 Å². The number of carbonyl (C=O) groups excluding carboxylic acids is 1. The molecule has 1 aromatic heterocycles. The molecule has 0 aliphatic heterocycles.